The van der Waals surface area contributed by atoms with Gasteiger partial charge in [0.1, 0.15) is 6.10 Å². The molecular formula is C10H20N2O2. The lowest BCUT2D eigenvalue weighted by atomic mass is 9.99. The van der Waals surface area contributed by atoms with Crippen LogP contribution in [0.25, 0.3) is 0 Å². The maximum absolute atomic E-state index is 10.6. The second-order valence-corrected chi connectivity index (χ2v) is 4.82. The number of rotatable bonds is 1. The van der Waals surface area contributed by atoms with E-state index in [9.17, 15) is 4.79 Å². The van der Waals surface area contributed by atoms with Crippen LogP contribution in [-0.4, -0.2) is 35.7 Å². The molecular weight excluding hydrogens is 180 g/mol. The smallest absolute Gasteiger partial charge is 0.404 e. The summed E-state index contributed by atoms with van der Waals surface area (Å²) < 4.78 is 5.01. The molecule has 0 aliphatic carbocycles. The normalized spacial score (nSPS) is 24.6. The molecule has 1 heterocycles. The van der Waals surface area contributed by atoms with E-state index in [2.05, 4.69) is 25.7 Å². The third-order valence-corrected chi connectivity index (χ3v) is 2.61. The molecule has 1 aliphatic rings. The molecule has 4 heteroatoms. The number of nitrogens with zero attached hydrogens (tertiary/aromatic N) is 1. The molecule has 1 aliphatic heterocycles. The first-order valence-corrected chi connectivity index (χ1v) is 5.11. The number of primary amides is 1. The van der Waals surface area contributed by atoms with Gasteiger partial charge in [0, 0.05) is 12.1 Å². The van der Waals surface area contributed by atoms with E-state index < -0.39 is 6.09 Å². The zero-order valence-corrected chi connectivity index (χ0v) is 9.25. The van der Waals surface area contributed by atoms with Gasteiger partial charge in [-0.3, -0.25) is 4.90 Å². The molecule has 1 amide bonds. The van der Waals surface area contributed by atoms with Crippen LogP contribution in [0.2, 0.25) is 0 Å². The van der Waals surface area contributed by atoms with E-state index in [4.69, 9.17) is 10.5 Å². The van der Waals surface area contributed by atoms with Crippen molar-refractivity contribution in [1.29, 1.82) is 0 Å². The minimum absolute atomic E-state index is 0.0273. The number of likely N-dealkylation sites (tertiary alicyclic amines) is 1. The Balaban J connectivity index is 2.48. The zero-order chi connectivity index (χ0) is 10.8. The Morgan fingerprint density at radius 2 is 2.14 bits per heavy atom. The Morgan fingerprint density at radius 1 is 1.50 bits per heavy atom. The Hall–Kier alpha value is -0.770. The number of ether oxygens (including phenoxy) is 1. The summed E-state index contributed by atoms with van der Waals surface area (Å²) in [4.78, 5) is 12.9. The summed E-state index contributed by atoms with van der Waals surface area (Å²) in [5.74, 6) is 0. The van der Waals surface area contributed by atoms with Crippen LogP contribution in [0, 0.1) is 0 Å². The largest absolute Gasteiger partial charge is 0.445 e. The van der Waals surface area contributed by atoms with Gasteiger partial charge in [0.05, 0.1) is 0 Å². The second kappa shape index (κ2) is 4.17. The molecule has 0 spiro atoms. The average Bonchev–Trinajstić information content (AvgIpc) is 2.01. The fourth-order valence-electron chi connectivity index (χ4n) is 1.81. The maximum Gasteiger partial charge on any atom is 0.404 e. The molecule has 0 aromatic rings. The molecule has 1 atom stereocenters. The first kappa shape index (κ1) is 11.3. The summed E-state index contributed by atoms with van der Waals surface area (Å²) in [6, 6.07) is 0. The first-order valence-electron chi connectivity index (χ1n) is 5.11. The third kappa shape index (κ3) is 3.18. The van der Waals surface area contributed by atoms with E-state index in [-0.39, 0.29) is 11.6 Å². The standard InChI is InChI=1S/C10H20N2O2/c1-10(2,3)12-6-4-5-8(7-12)14-9(11)13/h8H,4-7H2,1-3H3,(H2,11,13)/t8-/m0/s1. The Morgan fingerprint density at radius 3 is 2.64 bits per heavy atom. The molecule has 14 heavy (non-hydrogen) atoms. The molecule has 2 N–H and O–H groups in total. The van der Waals surface area contributed by atoms with Gasteiger partial charge in [-0.2, -0.15) is 0 Å². The van der Waals surface area contributed by atoms with Crippen LogP contribution in [0.15, 0.2) is 0 Å². The second-order valence-electron chi connectivity index (χ2n) is 4.82. The number of carbonyl (C=O) groups excluding carboxylic acids is 1. The van der Waals surface area contributed by atoms with Crippen molar-refractivity contribution in [3.63, 3.8) is 0 Å². The predicted octanol–water partition coefficient (Wildman–Crippen LogP) is 1.34. The minimum atomic E-state index is -0.661. The zero-order valence-electron chi connectivity index (χ0n) is 9.25. The van der Waals surface area contributed by atoms with Crippen molar-refractivity contribution in [3.8, 4) is 0 Å². The minimum Gasteiger partial charge on any atom is -0.445 e. The third-order valence-electron chi connectivity index (χ3n) is 2.61. The van der Waals surface area contributed by atoms with Gasteiger partial charge in [0.25, 0.3) is 0 Å². The van der Waals surface area contributed by atoms with Crippen LogP contribution in [0.4, 0.5) is 4.79 Å². The molecule has 0 saturated carbocycles. The van der Waals surface area contributed by atoms with Gasteiger partial charge >= 0.3 is 6.09 Å². The van der Waals surface area contributed by atoms with Gasteiger partial charge < -0.3 is 10.5 Å². The molecule has 1 saturated heterocycles. The van der Waals surface area contributed by atoms with Crippen molar-refractivity contribution in [2.24, 2.45) is 5.73 Å². The highest BCUT2D eigenvalue weighted by molar-refractivity contribution is 5.64. The highest BCUT2D eigenvalue weighted by Gasteiger charge is 2.29. The Labute approximate surface area is 85.4 Å². The summed E-state index contributed by atoms with van der Waals surface area (Å²) in [5, 5.41) is 0. The lowest BCUT2D eigenvalue weighted by molar-refractivity contribution is 0.0114. The Bertz CT molecular complexity index is 211. The van der Waals surface area contributed by atoms with Gasteiger partial charge in [0.15, 0.2) is 0 Å². The van der Waals surface area contributed by atoms with Gasteiger partial charge in [0.2, 0.25) is 0 Å². The molecule has 0 unspecified atom stereocenters. The highest BCUT2D eigenvalue weighted by atomic mass is 16.6. The lowest BCUT2D eigenvalue weighted by Crippen LogP contribution is -2.50. The van der Waals surface area contributed by atoms with Crippen molar-refractivity contribution in [2.75, 3.05) is 13.1 Å². The topological polar surface area (TPSA) is 55.6 Å². The van der Waals surface area contributed by atoms with Crippen LogP contribution >= 0.6 is 0 Å². The first-order chi connectivity index (χ1) is 6.39. The Kier molecular flexibility index (Phi) is 3.37. The highest BCUT2D eigenvalue weighted by Crippen LogP contribution is 2.21. The van der Waals surface area contributed by atoms with Crippen LogP contribution in [-0.2, 0) is 4.74 Å². The van der Waals surface area contributed by atoms with Crippen LogP contribution in [0.3, 0.4) is 0 Å². The number of piperidine rings is 1. The molecule has 0 aromatic carbocycles. The lowest BCUT2D eigenvalue weighted by Gasteiger charge is -2.40. The molecule has 82 valence electrons. The fourth-order valence-corrected chi connectivity index (χ4v) is 1.81. The molecule has 0 aromatic heterocycles. The van der Waals surface area contributed by atoms with Crippen LogP contribution in [0.1, 0.15) is 33.6 Å². The van der Waals surface area contributed by atoms with Crippen LogP contribution < -0.4 is 5.73 Å². The molecule has 1 fully saturated rings. The fraction of sp³-hybridized carbons (Fsp3) is 0.900. The van der Waals surface area contributed by atoms with E-state index in [1.165, 1.54) is 0 Å². The monoisotopic (exact) mass is 200 g/mol. The van der Waals surface area contributed by atoms with Crippen LogP contribution in [0.5, 0.6) is 0 Å². The summed E-state index contributed by atoms with van der Waals surface area (Å²) in [7, 11) is 0. The van der Waals surface area contributed by atoms with Gasteiger partial charge in [-0.15, -0.1) is 0 Å². The summed E-state index contributed by atoms with van der Waals surface area (Å²) in [6.45, 7) is 8.37. The van der Waals surface area contributed by atoms with Crippen molar-refractivity contribution >= 4 is 6.09 Å². The molecule has 0 bridgehead atoms. The maximum atomic E-state index is 10.6. The number of carbonyl (C=O) groups is 1. The molecule has 4 nitrogen and oxygen atoms in total. The van der Waals surface area contributed by atoms with Crippen molar-refractivity contribution in [3.05, 3.63) is 0 Å². The van der Waals surface area contributed by atoms with Gasteiger partial charge in [-0.05, 0) is 40.2 Å². The van der Waals surface area contributed by atoms with E-state index in [0.717, 1.165) is 25.9 Å². The summed E-state index contributed by atoms with van der Waals surface area (Å²) in [5.41, 5.74) is 5.14. The summed E-state index contributed by atoms with van der Waals surface area (Å²) in [6.07, 6.45) is 1.30. The summed E-state index contributed by atoms with van der Waals surface area (Å²) >= 11 is 0. The van der Waals surface area contributed by atoms with E-state index in [1.807, 2.05) is 0 Å². The molecule has 1 rings (SSSR count). The predicted molar refractivity (Wildman–Crippen MR) is 55.0 cm³/mol. The molecule has 0 radical (unpaired) electrons. The van der Waals surface area contributed by atoms with Crippen molar-refractivity contribution in [1.82, 2.24) is 4.90 Å². The average molecular weight is 200 g/mol. The van der Waals surface area contributed by atoms with Gasteiger partial charge in [-0.25, -0.2) is 4.79 Å². The van der Waals surface area contributed by atoms with Crippen molar-refractivity contribution in [2.45, 2.75) is 45.3 Å². The number of nitrogens with two attached hydrogens (primary N) is 1. The van der Waals surface area contributed by atoms with E-state index >= 15 is 0 Å². The van der Waals surface area contributed by atoms with Crippen molar-refractivity contribution < 1.29 is 9.53 Å². The SMILES string of the molecule is CC(C)(C)N1CCC[C@H](OC(N)=O)C1. The van der Waals surface area contributed by atoms with Gasteiger partial charge in [-0.1, -0.05) is 0 Å². The number of hydrogen-bond donors (Lipinski definition) is 1. The number of hydrogen-bond acceptors (Lipinski definition) is 3. The van der Waals surface area contributed by atoms with E-state index in [0.29, 0.717) is 0 Å². The van der Waals surface area contributed by atoms with E-state index in [1.54, 1.807) is 0 Å². The number of amides is 1. The quantitative estimate of drug-likeness (QED) is 0.695.